The van der Waals surface area contributed by atoms with E-state index < -0.39 is 0 Å². The molecule has 1 aromatic carbocycles. The molecule has 0 spiro atoms. The molecule has 0 N–H and O–H groups in total. The van der Waals surface area contributed by atoms with Gasteiger partial charge in [0.05, 0.1) is 4.88 Å². The maximum atomic E-state index is 10.6. The Morgan fingerprint density at radius 3 is 2.73 bits per heavy atom. The van der Waals surface area contributed by atoms with Gasteiger partial charge in [-0.15, -0.1) is 11.3 Å². The molecule has 0 saturated carbocycles. The molecule has 76 valence electrons. The molecule has 1 aromatic heterocycles. The van der Waals surface area contributed by atoms with E-state index in [4.69, 9.17) is 11.6 Å². The highest BCUT2D eigenvalue weighted by atomic mass is 127. The molecule has 0 radical (unpaired) electrons. The van der Waals surface area contributed by atoms with E-state index in [2.05, 4.69) is 22.6 Å². The van der Waals surface area contributed by atoms with Crippen molar-refractivity contribution in [3.63, 3.8) is 0 Å². The number of carbonyl (C=O) groups excluding carboxylic acids is 1. The fourth-order valence-electron chi connectivity index (χ4n) is 1.25. The molecule has 0 saturated heterocycles. The maximum absolute atomic E-state index is 10.6. The second-order valence-corrected chi connectivity index (χ2v) is 5.71. The van der Waals surface area contributed by atoms with Crippen LogP contribution in [0.1, 0.15) is 9.67 Å². The van der Waals surface area contributed by atoms with E-state index in [-0.39, 0.29) is 0 Å². The van der Waals surface area contributed by atoms with Gasteiger partial charge in [0.15, 0.2) is 6.29 Å². The fourth-order valence-corrected chi connectivity index (χ4v) is 2.87. The highest BCUT2D eigenvalue weighted by Crippen LogP contribution is 2.33. The molecular formula is C11H6ClIOS. The average Bonchev–Trinajstić information content (AvgIpc) is 2.70. The Morgan fingerprint density at radius 2 is 2.07 bits per heavy atom. The summed E-state index contributed by atoms with van der Waals surface area (Å²) >= 11 is 9.79. The van der Waals surface area contributed by atoms with Crippen LogP contribution in [0.5, 0.6) is 0 Å². The summed E-state index contributed by atoms with van der Waals surface area (Å²) in [7, 11) is 0. The van der Waals surface area contributed by atoms with Crippen LogP contribution in [-0.2, 0) is 0 Å². The Morgan fingerprint density at radius 1 is 1.27 bits per heavy atom. The van der Waals surface area contributed by atoms with Gasteiger partial charge in [-0.05, 0) is 52.9 Å². The fraction of sp³-hybridized carbons (Fsp3) is 0. The summed E-state index contributed by atoms with van der Waals surface area (Å²) in [5, 5.41) is 0.717. The minimum Gasteiger partial charge on any atom is -0.297 e. The molecule has 15 heavy (non-hydrogen) atoms. The molecule has 0 unspecified atom stereocenters. The summed E-state index contributed by atoms with van der Waals surface area (Å²) < 4.78 is 1.13. The minimum atomic E-state index is 0.717. The van der Waals surface area contributed by atoms with Crippen molar-refractivity contribution >= 4 is 51.8 Å². The third kappa shape index (κ3) is 2.41. The van der Waals surface area contributed by atoms with Crippen LogP contribution >= 0.6 is 45.5 Å². The quantitative estimate of drug-likeness (QED) is 0.577. The molecule has 0 aliphatic heterocycles. The predicted octanol–water partition coefficient (Wildman–Crippen LogP) is 4.49. The van der Waals surface area contributed by atoms with Gasteiger partial charge in [-0.1, -0.05) is 11.6 Å². The van der Waals surface area contributed by atoms with Gasteiger partial charge in [0, 0.05) is 19.0 Å². The Bertz CT molecular complexity index is 507. The Balaban J connectivity index is 2.52. The number of aldehydes is 1. The van der Waals surface area contributed by atoms with Gasteiger partial charge in [-0.25, -0.2) is 0 Å². The van der Waals surface area contributed by atoms with Crippen molar-refractivity contribution in [2.45, 2.75) is 0 Å². The zero-order valence-corrected chi connectivity index (χ0v) is 11.3. The minimum absolute atomic E-state index is 0.717. The van der Waals surface area contributed by atoms with Gasteiger partial charge in [-0.2, -0.15) is 0 Å². The van der Waals surface area contributed by atoms with E-state index in [1.54, 1.807) is 0 Å². The molecule has 0 aliphatic carbocycles. The summed E-state index contributed by atoms with van der Waals surface area (Å²) in [6.45, 7) is 0. The number of benzene rings is 1. The van der Waals surface area contributed by atoms with E-state index >= 15 is 0 Å². The molecule has 0 fully saturated rings. The van der Waals surface area contributed by atoms with Gasteiger partial charge in [0.2, 0.25) is 0 Å². The van der Waals surface area contributed by atoms with Crippen molar-refractivity contribution in [2.24, 2.45) is 0 Å². The van der Waals surface area contributed by atoms with E-state index in [1.807, 2.05) is 30.3 Å². The van der Waals surface area contributed by atoms with Crippen molar-refractivity contribution in [3.8, 4) is 10.4 Å². The molecule has 2 rings (SSSR count). The van der Waals surface area contributed by atoms with Crippen LogP contribution < -0.4 is 0 Å². The van der Waals surface area contributed by atoms with Crippen LogP contribution in [0.15, 0.2) is 30.3 Å². The van der Waals surface area contributed by atoms with Crippen LogP contribution in [0.4, 0.5) is 0 Å². The Hall–Kier alpha value is -0.390. The molecule has 1 heterocycles. The van der Waals surface area contributed by atoms with Crippen molar-refractivity contribution < 1.29 is 4.79 Å². The molecule has 0 amide bonds. The standard InChI is InChI=1S/C11H6ClIOS/c12-10-3-1-7(13)5-9(10)11-4-2-8(6-14)15-11/h1-6H. The van der Waals surface area contributed by atoms with E-state index in [0.29, 0.717) is 0 Å². The second kappa shape index (κ2) is 4.63. The number of halogens is 2. The van der Waals surface area contributed by atoms with Crippen molar-refractivity contribution in [3.05, 3.63) is 43.8 Å². The van der Waals surface area contributed by atoms with Gasteiger partial charge < -0.3 is 0 Å². The molecule has 4 heteroatoms. The topological polar surface area (TPSA) is 17.1 Å². The normalized spacial score (nSPS) is 10.3. The van der Waals surface area contributed by atoms with Gasteiger partial charge >= 0.3 is 0 Å². The molecule has 0 aliphatic rings. The molecule has 2 aromatic rings. The summed E-state index contributed by atoms with van der Waals surface area (Å²) in [5.74, 6) is 0. The smallest absolute Gasteiger partial charge is 0.160 e. The number of carbonyl (C=O) groups is 1. The van der Waals surface area contributed by atoms with Crippen LogP contribution in [0.3, 0.4) is 0 Å². The molecule has 0 atom stereocenters. The lowest BCUT2D eigenvalue weighted by molar-refractivity contribution is 0.112. The van der Waals surface area contributed by atoms with Crippen molar-refractivity contribution in [1.29, 1.82) is 0 Å². The summed E-state index contributed by atoms with van der Waals surface area (Å²) in [5.41, 5.74) is 0.988. The molecule has 1 nitrogen and oxygen atoms in total. The first kappa shape index (κ1) is 11.1. The molecule has 0 bridgehead atoms. The third-order valence-corrected chi connectivity index (χ3v) is 3.98. The van der Waals surface area contributed by atoms with E-state index in [1.165, 1.54) is 11.3 Å². The third-order valence-electron chi connectivity index (χ3n) is 1.94. The average molecular weight is 349 g/mol. The van der Waals surface area contributed by atoms with Gasteiger partial charge in [0.25, 0.3) is 0 Å². The van der Waals surface area contributed by atoms with Crippen LogP contribution in [0, 0.1) is 3.57 Å². The van der Waals surface area contributed by atoms with E-state index in [9.17, 15) is 4.79 Å². The zero-order chi connectivity index (χ0) is 10.8. The van der Waals surface area contributed by atoms with Crippen LogP contribution in [0.25, 0.3) is 10.4 Å². The summed E-state index contributed by atoms with van der Waals surface area (Å²) in [4.78, 5) is 12.3. The van der Waals surface area contributed by atoms with Crippen LogP contribution in [0.2, 0.25) is 5.02 Å². The lowest BCUT2D eigenvalue weighted by Gasteiger charge is -2.01. The first-order valence-electron chi connectivity index (χ1n) is 4.21. The van der Waals surface area contributed by atoms with Gasteiger partial charge in [0.1, 0.15) is 0 Å². The SMILES string of the molecule is O=Cc1ccc(-c2cc(I)ccc2Cl)s1. The number of hydrogen-bond donors (Lipinski definition) is 0. The highest BCUT2D eigenvalue weighted by Gasteiger charge is 2.06. The first-order chi connectivity index (χ1) is 7.20. The first-order valence-corrected chi connectivity index (χ1v) is 6.48. The number of rotatable bonds is 2. The van der Waals surface area contributed by atoms with Crippen LogP contribution in [-0.4, -0.2) is 6.29 Å². The summed E-state index contributed by atoms with van der Waals surface area (Å²) in [6.07, 6.45) is 0.857. The highest BCUT2D eigenvalue weighted by molar-refractivity contribution is 14.1. The monoisotopic (exact) mass is 348 g/mol. The number of hydrogen-bond acceptors (Lipinski definition) is 2. The zero-order valence-electron chi connectivity index (χ0n) is 7.54. The molecular weight excluding hydrogens is 343 g/mol. The predicted molar refractivity (Wildman–Crippen MR) is 72.9 cm³/mol. The number of thiophene rings is 1. The second-order valence-electron chi connectivity index (χ2n) is 2.94. The largest absolute Gasteiger partial charge is 0.297 e. The Labute approximate surface area is 110 Å². The van der Waals surface area contributed by atoms with Crippen molar-refractivity contribution in [2.75, 3.05) is 0 Å². The van der Waals surface area contributed by atoms with E-state index in [0.717, 1.165) is 30.2 Å². The lowest BCUT2D eigenvalue weighted by atomic mass is 10.2. The Kier molecular flexibility index (Phi) is 3.43. The maximum Gasteiger partial charge on any atom is 0.160 e. The summed E-state index contributed by atoms with van der Waals surface area (Å²) in [6, 6.07) is 9.58. The lowest BCUT2D eigenvalue weighted by Crippen LogP contribution is -1.77. The van der Waals surface area contributed by atoms with Gasteiger partial charge in [-0.3, -0.25) is 4.79 Å². The van der Waals surface area contributed by atoms with Crippen molar-refractivity contribution in [1.82, 2.24) is 0 Å².